The third-order valence-corrected chi connectivity index (χ3v) is 6.26. The Morgan fingerprint density at radius 3 is 1.79 bits per heavy atom. The van der Waals surface area contributed by atoms with Crippen LogP contribution in [0.3, 0.4) is 0 Å². The van der Waals surface area contributed by atoms with Crippen LogP contribution in [0.25, 0.3) is 0 Å². The number of likely N-dealkylation sites (tertiary alicyclic amines) is 1. The quantitative estimate of drug-likeness (QED) is 0.622. The highest BCUT2D eigenvalue weighted by atomic mass is 15.3. The lowest BCUT2D eigenvalue weighted by Gasteiger charge is -2.27. The van der Waals surface area contributed by atoms with Crippen LogP contribution in [0.4, 0.5) is 0 Å². The van der Waals surface area contributed by atoms with Crippen LogP contribution in [0.1, 0.15) is 16.7 Å². The molecule has 2 heterocycles. The van der Waals surface area contributed by atoms with Gasteiger partial charge in [-0.3, -0.25) is 14.8 Å². The van der Waals surface area contributed by atoms with Gasteiger partial charge in [-0.1, -0.05) is 60.7 Å². The van der Waals surface area contributed by atoms with E-state index in [-0.39, 0.29) is 0 Å². The Labute approximate surface area is 167 Å². The molecule has 28 heavy (non-hydrogen) atoms. The minimum Gasteiger partial charge on any atom is -0.298 e. The normalized spacial score (nSPS) is 23.7. The topological polar surface area (TPSA) is 19.4 Å². The van der Waals surface area contributed by atoms with Crippen LogP contribution >= 0.6 is 0 Å². The molecule has 3 nitrogen and oxygen atoms in total. The van der Waals surface area contributed by atoms with Crippen LogP contribution in [0.2, 0.25) is 0 Å². The van der Waals surface area contributed by atoms with Crippen LogP contribution in [-0.4, -0.2) is 33.9 Å². The summed E-state index contributed by atoms with van der Waals surface area (Å²) in [5.41, 5.74) is 4.20. The molecule has 5 rings (SSSR count). The van der Waals surface area contributed by atoms with E-state index in [1.165, 1.54) is 29.8 Å². The molecule has 1 aromatic heterocycles. The maximum atomic E-state index is 4.13. The first-order chi connectivity index (χ1) is 13.9. The highest BCUT2D eigenvalue weighted by Gasteiger charge is 2.57. The summed E-state index contributed by atoms with van der Waals surface area (Å²) in [5, 5.41) is 0. The van der Waals surface area contributed by atoms with Crippen LogP contribution in [0, 0.1) is 11.8 Å². The monoisotopic (exact) mass is 369 g/mol. The minimum absolute atomic E-state index is 0.717. The molecule has 1 saturated heterocycles. The molecular weight excluding hydrogens is 342 g/mol. The van der Waals surface area contributed by atoms with Gasteiger partial charge in [0.25, 0.3) is 0 Å². The number of aromatic nitrogens is 1. The van der Waals surface area contributed by atoms with Crippen molar-refractivity contribution in [1.82, 2.24) is 14.8 Å². The van der Waals surface area contributed by atoms with E-state index in [1.54, 1.807) is 0 Å². The number of hydrogen-bond donors (Lipinski definition) is 0. The highest BCUT2D eigenvalue weighted by Crippen LogP contribution is 2.50. The molecule has 2 unspecified atom stereocenters. The molecule has 1 aliphatic heterocycles. The molecule has 2 fully saturated rings. The van der Waals surface area contributed by atoms with Crippen molar-refractivity contribution >= 4 is 0 Å². The standard InChI is InChI=1S/C25H27N3/c1-3-7-20(8-4-1)16-28(17-21-9-5-2-6-10-21)25-23-18-27(19-24(23)25)15-22-11-13-26-14-12-22/h1-14,23-25H,15-19H2. The summed E-state index contributed by atoms with van der Waals surface area (Å²) >= 11 is 0. The molecule has 3 aromatic rings. The number of hydrogen-bond acceptors (Lipinski definition) is 3. The SMILES string of the molecule is c1ccc(CN(Cc2ccccc2)C2C3CN(Cc4ccncc4)CC32)cc1. The number of rotatable bonds is 7. The van der Waals surface area contributed by atoms with Gasteiger partial charge in [-0.15, -0.1) is 0 Å². The summed E-state index contributed by atoms with van der Waals surface area (Å²) in [4.78, 5) is 9.46. The molecule has 0 bridgehead atoms. The second-order valence-corrected chi connectivity index (χ2v) is 8.24. The highest BCUT2D eigenvalue weighted by molar-refractivity contribution is 5.21. The molecule has 142 valence electrons. The Morgan fingerprint density at radius 1 is 0.714 bits per heavy atom. The number of piperidine rings is 1. The number of nitrogens with zero attached hydrogens (tertiary/aromatic N) is 3. The second-order valence-electron chi connectivity index (χ2n) is 8.24. The largest absolute Gasteiger partial charge is 0.298 e. The lowest BCUT2D eigenvalue weighted by molar-refractivity contribution is 0.182. The van der Waals surface area contributed by atoms with E-state index in [2.05, 4.69) is 87.6 Å². The fraction of sp³-hybridized carbons (Fsp3) is 0.320. The van der Waals surface area contributed by atoms with Crippen molar-refractivity contribution < 1.29 is 0 Å². The van der Waals surface area contributed by atoms with Gasteiger partial charge >= 0.3 is 0 Å². The van der Waals surface area contributed by atoms with E-state index in [0.717, 1.165) is 31.5 Å². The number of pyridine rings is 1. The van der Waals surface area contributed by atoms with E-state index in [0.29, 0.717) is 6.04 Å². The average molecular weight is 370 g/mol. The van der Waals surface area contributed by atoms with E-state index < -0.39 is 0 Å². The van der Waals surface area contributed by atoms with Crippen LogP contribution in [-0.2, 0) is 19.6 Å². The number of benzene rings is 2. The van der Waals surface area contributed by atoms with Crippen LogP contribution < -0.4 is 0 Å². The average Bonchev–Trinajstić information content (AvgIpc) is 3.25. The maximum absolute atomic E-state index is 4.13. The molecule has 1 saturated carbocycles. The third-order valence-electron chi connectivity index (χ3n) is 6.26. The van der Waals surface area contributed by atoms with Crippen molar-refractivity contribution in [2.24, 2.45) is 11.8 Å². The van der Waals surface area contributed by atoms with Crippen LogP contribution in [0.5, 0.6) is 0 Å². The first-order valence-corrected chi connectivity index (χ1v) is 10.3. The van der Waals surface area contributed by atoms with Gasteiger partial charge in [0.2, 0.25) is 0 Å². The Bertz CT molecular complexity index is 828. The molecular formula is C25H27N3. The van der Waals surface area contributed by atoms with Gasteiger partial charge in [0.1, 0.15) is 0 Å². The van der Waals surface area contributed by atoms with E-state index >= 15 is 0 Å². The number of fused-ring (bicyclic) bond motifs is 1. The maximum Gasteiger partial charge on any atom is 0.0271 e. The lowest BCUT2D eigenvalue weighted by Crippen LogP contribution is -2.34. The molecule has 0 radical (unpaired) electrons. The molecule has 0 amide bonds. The van der Waals surface area contributed by atoms with Crippen molar-refractivity contribution in [2.45, 2.75) is 25.7 Å². The van der Waals surface area contributed by atoms with Crippen molar-refractivity contribution in [3.63, 3.8) is 0 Å². The zero-order valence-electron chi connectivity index (χ0n) is 16.2. The van der Waals surface area contributed by atoms with Crippen molar-refractivity contribution in [3.05, 3.63) is 102 Å². The summed E-state index contributed by atoms with van der Waals surface area (Å²) in [6, 6.07) is 26.8. The zero-order chi connectivity index (χ0) is 18.8. The van der Waals surface area contributed by atoms with Gasteiger partial charge in [0.15, 0.2) is 0 Å². The molecule has 2 atom stereocenters. The third kappa shape index (κ3) is 3.87. The summed E-state index contributed by atoms with van der Waals surface area (Å²) in [7, 11) is 0. The van der Waals surface area contributed by atoms with E-state index in [1.807, 2.05) is 12.4 Å². The first-order valence-electron chi connectivity index (χ1n) is 10.3. The Balaban J connectivity index is 1.26. The van der Waals surface area contributed by atoms with Gasteiger partial charge in [-0.2, -0.15) is 0 Å². The van der Waals surface area contributed by atoms with Crippen molar-refractivity contribution in [1.29, 1.82) is 0 Å². The van der Waals surface area contributed by atoms with Gasteiger partial charge in [0, 0.05) is 51.2 Å². The Hall–Kier alpha value is -2.49. The van der Waals surface area contributed by atoms with E-state index in [9.17, 15) is 0 Å². The van der Waals surface area contributed by atoms with Crippen LogP contribution in [0.15, 0.2) is 85.2 Å². The van der Waals surface area contributed by atoms with Crippen molar-refractivity contribution in [3.8, 4) is 0 Å². The van der Waals surface area contributed by atoms with Crippen molar-refractivity contribution in [2.75, 3.05) is 13.1 Å². The summed E-state index contributed by atoms with van der Waals surface area (Å²) in [5.74, 6) is 1.63. The molecule has 2 aliphatic rings. The van der Waals surface area contributed by atoms with Gasteiger partial charge in [-0.25, -0.2) is 0 Å². The molecule has 0 N–H and O–H groups in total. The minimum atomic E-state index is 0.717. The molecule has 3 heteroatoms. The Morgan fingerprint density at radius 2 is 1.25 bits per heavy atom. The summed E-state index contributed by atoms with van der Waals surface area (Å²) in [6.45, 7) is 5.57. The zero-order valence-corrected chi connectivity index (χ0v) is 16.2. The lowest BCUT2D eigenvalue weighted by atomic mass is 10.1. The molecule has 0 spiro atoms. The van der Waals surface area contributed by atoms with E-state index in [4.69, 9.17) is 0 Å². The van der Waals surface area contributed by atoms with Gasteiger partial charge in [0.05, 0.1) is 0 Å². The molecule has 2 aromatic carbocycles. The first kappa shape index (κ1) is 17.6. The predicted octanol–water partition coefficient (Wildman–Crippen LogP) is 4.21. The molecule has 1 aliphatic carbocycles. The fourth-order valence-corrected chi connectivity index (χ4v) is 4.90. The second kappa shape index (κ2) is 7.86. The van der Waals surface area contributed by atoms with Gasteiger partial charge in [-0.05, 0) is 40.7 Å². The summed E-state index contributed by atoms with van der Waals surface area (Å²) in [6.07, 6.45) is 3.80. The smallest absolute Gasteiger partial charge is 0.0271 e. The fourth-order valence-electron chi connectivity index (χ4n) is 4.90. The van der Waals surface area contributed by atoms with Gasteiger partial charge < -0.3 is 0 Å². The predicted molar refractivity (Wildman–Crippen MR) is 112 cm³/mol. The summed E-state index contributed by atoms with van der Waals surface area (Å²) < 4.78 is 0. The Kier molecular flexibility index (Phi) is 4.94.